The van der Waals surface area contributed by atoms with Crippen molar-refractivity contribution in [1.29, 1.82) is 0 Å². The van der Waals surface area contributed by atoms with Gasteiger partial charge in [0.2, 0.25) is 0 Å². The van der Waals surface area contributed by atoms with E-state index in [0.29, 0.717) is 10.8 Å². The van der Waals surface area contributed by atoms with E-state index < -0.39 is 0 Å². The van der Waals surface area contributed by atoms with Gasteiger partial charge in [-0.25, -0.2) is 0 Å². The Morgan fingerprint density at radius 1 is 0.933 bits per heavy atom. The van der Waals surface area contributed by atoms with Gasteiger partial charge in [0.1, 0.15) is 0 Å². The quantitative estimate of drug-likeness (QED) is 0.532. The molecule has 0 saturated carbocycles. The lowest BCUT2D eigenvalue weighted by atomic mass is 9.73. The van der Waals surface area contributed by atoms with Crippen LogP contribution in [-0.2, 0) is 0 Å². The molecular weight excluding hydrogens is 180 g/mol. The first-order chi connectivity index (χ1) is 6.66. The van der Waals surface area contributed by atoms with Crippen molar-refractivity contribution in [3.05, 3.63) is 0 Å². The maximum atomic E-state index is 2.43. The predicted molar refractivity (Wildman–Crippen MR) is 71.2 cm³/mol. The van der Waals surface area contributed by atoms with E-state index in [4.69, 9.17) is 0 Å². The molecular formula is C15H32. The highest BCUT2D eigenvalue weighted by molar-refractivity contribution is 4.76. The molecule has 0 aromatic carbocycles. The average molecular weight is 212 g/mol. The highest BCUT2D eigenvalue weighted by Gasteiger charge is 2.25. The minimum Gasteiger partial charge on any atom is -0.0654 e. The Kier molecular flexibility index (Phi) is 5.92. The van der Waals surface area contributed by atoms with E-state index in [1.807, 2.05) is 0 Å². The summed E-state index contributed by atoms with van der Waals surface area (Å²) in [6.07, 6.45) is 6.84. The summed E-state index contributed by atoms with van der Waals surface area (Å²) < 4.78 is 0. The van der Waals surface area contributed by atoms with Crippen LogP contribution in [0.1, 0.15) is 80.6 Å². The molecule has 1 unspecified atom stereocenters. The Labute approximate surface area is 97.8 Å². The number of rotatable bonds is 6. The van der Waals surface area contributed by atoms with Crippen molar-refractivity contribution in [3.63, 3.8) is 0 Å². The van der Waals surface area contributed by atoms with E-state index in [9.17, 15) is 0 Å². The Balaban J connectivity index is 3.93. The molecule has 0 aliphatic heterocycles. The maximum absolute atomic E-state index is 2.43. The zero-order valence-corrected chi connectivity index (χ0v) is 12.1. The van der Waals surface area contributed by atoms with Gasteiger partial charge < -0.3 is 0 Å². The summed E-state index contributed by atoms with van der Waals surface area (Å²) in [6.45, 7) is 16.6. The molecule has 0 spiro atoms. The first kappa shape index (κ1) is 15.0. The molecule has 0 N–H and O–H groups in total. The van der Waals surface area contributed by atoms with E-state index in [1.165, 1.54) is 32.1 Å². The highest BCUT2D eigenvalue weighted by atomic mass is 14.3. The van der Waals surface area contributed by atoms with Crippen LogP contribution in [0, 0.1) is 16.7 Å². The second-order valence-corrected chi connectivity index (χ2v) is 7.33. The molecule has 0 fully saturated rings. The third-order valence-corrected chi connectivity index (χ3v) is 3.10. The van der Waals surface area contributed by atoms with Crippen LogP contribution in [0.15, 0.2) is 0 Å². The monoisotopic (exact) mass is 212 g/mol. The average Bonchev–Trinajstić information content (AvgIpc) is 1.97. The molecule has 1 atom stereocenters. The fraction of sp³-hybridized carbons (Fsp3) is 1.00. The molecule has 0 aliphatic carbocycles. The van der Waals surface area contributed by atoms with Crippen molar-refractivity contribution < 1.29 is 0 Å². The van der Waals surface area contributed by atoms with Gasteiger partial charge in [-0.3, -0.25) is 0 Å². The fourth-order valence-electron chi connectivity index (χ4n) is 2.80. The van der Waals surface area contributed by atoms with Crippen LogP contribution < -0.4 is 0 Å². The van der Waals surface area contributed by atoms with Crippen LogP contribution in [0.3, 0.4) is 0 Å². The molecule has 0 aliphatic rings. The maximum Gasteiger partial charge on any atom is -0.0349 e. The minimum atomic E-state index is 0.470. The minimum absolute atomic E-state index is 0.470. The van der Waals surface area contributed by atoms with Crippen LogP contribution in [0.5, 0.6) is 0 Å². The summed E-state index contributed by atoms with van der Waals surface area (Å²) in [5.41, 5.74) is 0.984. The Hall–Kier alpha value is 0. The number of hydrogen-bond donors (Lipinski definition) is 0. The zero-order valence-electron chi connectivity index (χ0n) is 12.1. The van der Waals surface area contributed by atoms with E-state index in [-0.39, 0.29) is 0 Å². The summed E-state index contributed by atoms with van der Waals surface area (Å²) in [6, 6.07) is 0. The summed E-state index contributed by atoms with van der Waals surface area (Å²) in [4.78, 5) is 0. The topological polar surface area (TPSA) is 0 Å². The first-order valence-corrected chi connectivity index (χ1v) is 6.66. The Morgan fingerprint density at radius 3 is 1.87 bits per heavy atom. The molecule has 0 radical (unpaired) electrons. The summed E-state index contributed by atoms with van der Waals surface area (Å²) >= 11 is 0. The van der Waals surface area contributed by atoms with Gasteiger partial charge in [0, 0.05) is 0 Å². The SMILES string of the molecule is CCCC(C)CCC(C)(C)CC(C)(C)C. The van der Waals surface area contributed by atoms with Gasteiger partial charge >= 0.3 is 0 Å². The fourth-order valence-corrected chi connectivity index (χ4v) is 2.80. The van der Waals surface area contributed by atoms with E-state index in [0.717, 1.165) is 5.92 Å². The smallest absolute Gasteiger partial charge is 0.0349 e. The van der Waals surface area contributed by atoms with Gasteiger partial charge in [-0.1, -0.05) is 67.7 Å². The molecule has 0 bridgehead atoms. The third-order valence-electron chi connectivity index (χ3n) is 3.10. The summed E-state index contributed by atoms with van der Waals surface area (Å²) in [5.74, 6) is 0.911. The van der Waals surface area contributed by atoms with Crippen molar-refractivity contribution in [2.24, 2.45) is 16.7 Å². The van der Waals surface area contributed by atoms with Crippen molar-refractivity contribution in [1.82, 2.24) is 0 Å². The normalized spacial score (nSPS) is 15.4. The van der Waals surface area contributed by atoms with E-state index >= 15 is 0 Å². The predicted octanol–water partition coefficient (Wildman–Crippen LogP) is 5.67. The molecule has 0 amide bonds. The van der Waals surface area contributed by atoms with Crippen molar-refractivity contribution >= 4 is 0 Å². The third kappa shape index (κ3) is 8.96. The largest absolute Gasteiger partial charge is 0.0654 e. The van der Waals surface area contributed by atoms with Gasteiger partial charge in [-0.15, -0.1) is 0 Å². The van der Waals surface area contributed by atoms with E-state index in [2.05, 4.69) is 48.5 Å². The van der Waals surface area contributed by atoms with Gasteiger partial charge in [-0.05, 0) is 29.6 Å². The second-order valence-electron chi connectivity index (χ2n) is 7.33. The van der Waals surface area contributed by atoms with Crippen LogP contribution in [0.4, 0.5) is 0 Å². The van der Waals surface area contributed by atoms with Crippen molar-refractivity contribution in [3.8, 4) is 0 Å². The van der Waals surface area contributed by atoms with E-state index in [1.54, 1.807) is 0 Å². The van der Waals surface area contributed by atoms with Gasteiger partial charge in [0.25, 0.3) is 0 Å². The lowest BCUT2D eigenvalue weighted by molar-refractivity contribution is 0.185. The molecule has 92 valence electrons. The molecule has 15 heavy (non-hydrogen) atoms. The molecule has 0 aromatic rings. The van der Waals surface area contributed by atoms with Crippen LogP contribution in [-0.4, -0.2) is 0 Å². The Morgan fingerprint density at radius 2 is 1.47 bits per heavy atom. The Bertz CT molecular complexity index is 159. The number of hydrogen-bond acceptors (Lipinski definition) is 0. The molecule has 0 aromatic heterocycles. The lowest BCUT2D eigenvalue weighted by Crippen LogP contribution is -2.21. The van der Waals surface area contributed by atoms with Crippen LogP contribution in [0.2, 0.25) is 0 Å². The summed E-state index contributed by atoms with van der Waals surface area (Å²) in [5, 5.41) is 0. The van der Waals surface area contributed by atoms with Crippen LogP contribution >= 0.6 is 0 Å². The van der Waals surface area contributed by atoms with Gasteiger partial charge in [0.15, 0.2) is 0 Å². The molecule has 0 saturated heterocycles. The van der Waals surface area contributed by atoms with Crippen molar-refractivity contribution in [2.45, 2.75) is 80.6 Å². The van der Waals surface area contributed by atoms with Crippen molar-refractivity contribution in [2.75, 3.05) is 0 Å². The van der Waals surface area contributed by atoms with Gasteiger partial charge in [-0.2, -0.15) is 0 Å². The lowest BCUT2D eigenvalue weighted by Gasteiger charge is -2.33. The standard InChI is InChI=1S/C15H32/c1-8-9-13(2)10-11-15(6,7)12-14(3,4)5/h13H,8-12H2,1-7H3. The zero-order chi connectivity index (χ0) is 12.1. The molecule has 0 heterocycles. The van der Waals surface area contributed by atoms with Gasteiger partial charge in [0.05, 0.1) is 0 Å². The molecule has 0 nitrogen and oxygen atoms in total. The molecule has 0 heteroatoms. The second kappa shape index (κ2) is 5.92. The first-order valence-electron chi connectivity index (χ1n) is 6.66. The van der Waals surface area contributed by atoms with Crippen LogP contribution in [0.25, 0.3) is 0 Å². The summed E-state index contributed by atoms with van der Waals surface area (Å²) in [7, 11) is 0. The highest BCUT2D eigenvalue weighted by Crippen LogP contribution is 2.37. The molecule has 0 rings (SSSR count).